The second-order valence-electron chi connectivity index (χ2n) is 5.17. The van der Waals surface area contributed by atoms with Gasteiger partial charge in [0.15, 0.2) is 5.13 Å². The Morgan fingerprint density at radius 3 is 2.46 bits per heavy atom. The van der Waals surface area contributed by atoms with Gasteiger partial charge in [0.25, 0.3) is 5.91 Å². The summed E-state index contributed by atoms with van der Waals surface area (Å²) in [7, 11) is -4.09. The number of sulfonamides is 1. The fourth-order valence-corrected chi connectivity index (χ4v) is 4.28. The minimum Gasteiger partial charge on any atom is -0.298 e. The maximum atomic E-state index is 12.5. The summed E-state index contributed by atoms with van der Waals surface area (Å²) in [6.07, 6.45) is 0. The predicted octanol–water partition coefficient (Wildman–Crippen LogP) is 4.02. The van der Waals surface area contributed by atoms with Crippen molar-refractivity contribution in [3.8, 4) is 11.3 Å². The Bertz CT molecular complexity index is 1080. The molecule has 26 heavy (non-hydrogen) atoms. The van der Waals surface area contributed by atoms with Crippen LogP contribution in [0.4, 0.5) is 5.13 Å². The molecule has 0 radical (unpaired) electrons. The summed E-state index contributed by atoms with van der Waals surface area (Å²) in [5, 5.41) is 9.67. The van der Waals surface area contributed by atoms with Gasteiger partial charge in [0.2, 0.25) is 10.0 Å². The average molecular weight is 428 g/mol. The van der Waals surface area contributed by atoms with E-state index in [2.05, 4.69) is 10.3 Å². The Kier molecular flexibility index (Phi) is 5.31. The third kappa shape index (κ3) is 4.05. The molecule has 1 heterocycles. The topological polar surface area (TPSA) is 102 Å². The van der Waals surface area contributed by atoms with Gasteiger partial charge in [-0.05, 0) is 12.1 Å². The van der Waals surface area contributed by atoms with Gasteiger partial charge in [-0.2, -0.15) is 0 Å². The van der Waals surface area contributed by atoms with E-state index in [1.807, 2.05) is 30.3 Å². The van der Waals surface area contributed by atoms with E-state index in [-0.39, 0.29) is 20.5 Å². The number of nitrogens with zero attached hydrogens (tertiary/aromatic N) is 1. The number of carbonyl (C=O) groups excluding carboxylic acids is 1. The second-order valence-corrected chi connectivity index (χ2v) is 8.37. The van der Waals surface area contributed by atoms with Gasteiger partial charge in [0, 0.05) is 10.9 Å². The lowest BCUT2D eigenvalue weighted by atomic mass is 10.2. The quantitative estimate of drug-likeness (QED) is 0.655. The molecule has 0 saturated carbocycles. The van der Waals surface area contributed by atoms with Crippen LogP contribution >= 0.6 is 34.5 Å². The van der Waals surface area contributed by atoms with E-state index >= 15 is 0 Å². The molecule has 0 aliphatic rings. The maximum Gasteiger partial charge on any atom is 0.259 e. The zero-order chi connectivity index (χ0) is 18.9. The first-order chi connectivity index (χ1) is 12.3. The molecule has 0 atom stereocenters. The molecule has 1 amide bonds. The lowest BCUT2D eigenvalue weighted by Gasteiger charge is -2.08. The van der Waals surface area contributed by atoms with Crippen molar-refractivity contribution in [2.45, 2.75) is 4.90 Å². The van der Waals surface area contributed by atoms with Crippen LogP contribution in [0.3, 0.4) is 0 Å². The zero-order valence-electron chi connectivity index (χ0n) is 12.9. The van der Waals surface area contributed by atoms with Crippen molar-refractivity contribution < 1.29 is 13.2 Å². The highest BCUT2D eigenvalue weighted by Gasteiger charge is 2.20. The van der Waals surface area contributed by atoms with Gasteiger partial charge in [0.05, 0.1) is 21.3 Å². The SMILES string of the molecule is NS(=O)(=O)c1cc(C(=O)Nc2nc(-c3ccccc3)cs2)c(Cl)cc1Cl. The number of thiazole rings is 1. The third-order valence-corrected chi connectivity index (χ3v) is 5.81. The Balaban J connectivity index is 1.88. The van der Waals surface area contributed by atoms with E-state index in [0.717, 1.165) is 17.7 Å². The lowest BCUT2D eigenvalue weighted by Crippen LogP contribution is -2.16. The number of halogens is 2. The standard InChI is InChI=1S/C16H11Cl2N3O3S2/c17-11-7-12(18)14(26(19,23)24)6-10(11)15(22)21-16-20-13(8-25-16)9-4-2-1-3-5-9/h1-8H,(H2,19,23,24)(H,20,21,22). The van der Waals surface area contributed by atoms with Gasteiger partial charge >= 0.3 is 0 Å². The average Bonchev–Trinajstić information content (AvgIpc) is 3.03. The summed E-state index contributed by atoms with van der Waals surface area (Å²) in [5.74, 6) is -0.620. The Morgan fingerprint density at radius 1 is 1.12 bits per heavy atom. The molecule has 2 aromatic carbocycles. The van der Waals surface area contributed by atoms with E-state index in [0.29, 0.717) is 10.8 Å². The first-order valence-electron chi connectivity index (χ1n) is 7.10. The van der Waals surface area contributed by atoms with E-state index in [1.165, 1.54) is 11.3 Å². The van der Waals surface area contributed by atoms with Crippen LogP contribution in [0.25, 0.3) is 11.3 Å². The molecule has 0 saturated heterocycles. The second kappa shape index (κ2) is 7.34. The lowest BCUT2D eigenvalue weighted by molar-refractivity contribution is 0.102. The zero-order valence-corrected chi connectivity index (χ0v) is 16.1. The van der Waals surface area contributed by atoms with Crippen LogP contribution in [-0.4, -0.2) is 19.3 Å². The molecule has 3 N–H and O–H groups in total. The van der Waals surface area contributed by atoms with Crippen molar-refractivity contribution in [1.29, 1.82) is 0 Å². The first-order valence-corrected chi connectivity index (χ1v) is 10.3. The van der Waals surface area contributed by atoms with Gasteiger partial charge in [-0.3, -0.25) is 10.1 Å². The van der Waals surface area contributed by atoms with E-state index < -0.39 is 15.9 Å². The molecular weight excluding hydrogens is 417 g/mol. The molecular formula is C16H11Cl2N3O3S2. The summed E-state index contributed by atoms with van der Waals surface area (Å²) >= 11 is 13.1. The predicted molar refractivity (Wildman–Crippen MR) is 103 cm³/mol. The summed E-state index contributed by atoms with van der Waals surface area (Å²) in [6, 6.07) is 11.7. The number of amides is 1. The van der Waals surface area contributed by atoms with Crippen LogP contribution in [0.2, 0.25) is 10.0 Å². The van der Waals surface area contributed by atoms with Gasteiger partial charge in [-0.25, -0.2) is 18.5 Å². The number of benzene rings is 2. The smallest absolute Gasteiger partial charge is 0.259 e. The highest BCUT2D eigenvalue weighted by molar-refractivity contribution is 7.89. The molecule has 6 nitrogen and oxygen atoms in total. The maximum absolute atomic E-state index is 12.5. The molecule has 0 spiro atoms. The minimum atomic E-state index is -4.09. The molecule has 0 bridgehead atoms. The molecule has 0 aliphatic heterocycles. The number of anilines is 1. The summed E-state index contributed by atoms with van der Waals surface area (Å²) in [4.78, 5) is 16.4. The highest BCUT2D eigenvalue weighted by atomic mass is 35.5. The van der Waals surface area contributed by atoms with Crippen molar-refractivity contribution in [2.24, 2.45) is 5.14 Å². The van der Waals surface area contributed by atoms with Gasteiger partial charge in [-0.1, -0.05) is 53.5 Å². The normalized spacial score (nSPS) is 11.3. The number of nitrogens with one attached hydrogen (secondary N) is 1. The molecule has 0 fully saturated rings. The number of hydrogen-bond donors (Lipinski definition) is 2. The van der Waals surface area contributed by atoms with Gasteiger partial charge in [0.1, 0.15) is 4.90 Å². The number of rotatable bonds is 4. The molecule has 3 aromatic rings. The molecule has 0 unspecified atom stereocenters. The molecule has 134 valence electrons. The largest absolute Gasteiger partial charge is 0.298 e. The summed E-state index contributed by atoms with van der Waals surface area (Å²) in [6.45, 7) is 0. The Hall–Kier alpha value is -1.97. The van der Waals surface area contributed by atoms with Crippen LogP contribution in [-0.2, 0) is 10.0 Å². The van der Waals surface area contributed by atoms with Crippen molar-refractivity contribution in [2.75, 3.05) is 5.32 Å². The molecule has 10 heteroatoms. The first kappa shape index (κ1) is 18.8. The van der Waals surface area contributed by atoms with Crippen molar-refractivity contribution >= 4 is 55.6 Å². The summed E-state index contributed by atoms with van der Waals surface area (Å²) in [5.41, 5.74) is 1.54. The van der Waals surface area contributed by atoms with E-state index in [1.54, 1.807) is 5.38 Å². The Morgan fingerprint density at radius 2 is 1.81 bits per heavy atom. The fourth-order valence-electron chi connectivity index (χ4n) is 2.16. The molecule has 0 aliphatic carbocycles. The van der Waals surface area contributed by atoms with Crippen LogP contribution in [0.5, 0.6) is 0 Å². The highest BCUT2D eigenvalue weighted by Crippen LogP contribution is 2.30. The minimum absolute atomic E-state index is 0.000242. The van der Waals surface area contributed by atoms with Crippen LogP contribution < -0.4 is 10.5 Å². The number of nitrogens with two attached hydrogens (primary N) is 1. The van der Waals surface area contributed by atoms with Crippen molar-refractivity contribution in [3.63, 3.8) is 0 Å². The van der Waals surface area contributed by atoms with Crippen molar-refractivity contribution in [3.05, 3.63) is 63.5 Å². The Labute approximate surface area is 163 Å². The van der Waals surface area contributed by atoms with Crippen LogP contribution in [0.1, 0.15) is 10.4 Å². The van der Waals surface area contributed by atoms with E-state index in [9.17, 15) is 13.2 Å². The van der Waals surface area contributed by atoms with Gasteiger partial charge in [-0.15, -0.1) is 11.3 Å². The number of carbonyl (C=O) groups is 1. The molecule has 1 aromatic heterocycles. The number of primary sulfonamides is 1. The van der Waals surface area contributed by atoms with Crippen molar-refractivity contribution in [1.82, 2.24) is 4.98 Å². The van der Waals surface area contributed by atoms with Crippen LogP contribution in [0, 0.1) is 0 Å². The fraction of sp³-hybridized carbons (Fsp3) is 0. The third-order valence-electron chi connectivity index (χ3n) is 3.37. The number of aromatic nitrogens is 1. The van der Waals surface area contributed by atoms with E-state index in [4.69, 9.17) is 28.3 Å². The summed E-state index contributed by atoms with van der Waals surface area (Å²) < 4.78 is 23.1. The molecule has 3 rings (SSSR count). The number of hydrogen-bond acceptors (Lipinski definition) is 5. The van der Waals surface area contributed by atoms with Gasteiger partial charge < -0.3 is 0 Å². The monoisotopic (exact) mass is 427 g/mol. The van der Waals surface area contributed by atoms with Crippen LogP contribution in [0.15, 0.2) is 52.7 Å².